The van der Waals surface area contributed by atoms with E-state index in [1.165, 1.54) is 0 Å². The highest BCUT2D eigenvalue weighted by molar-refractivity contribution is 5.74. The van der Waals surface area contributed by atoms with Gasteiger partial charge in [0, 0.05) is 32.3 Å². The molecule has 0 aromatic rings. The van der Waals surface area contributed by atoms with Crippen LogP contribution in [-0.4, -0.2) is 43.3 Å². The lowest BCUT2D eigenvalue weighted by Gasteiger charge is -2.30. The highest BCUT2D eigenvalue weighted by Crippen LogP contribution is 2.15. The molecule has 0 aromatic heterocycles. The molecule has 4 nitrogen and oxygen atoms in total. The summed E-state index contributed by atoms with van der Waals surface area (Å²) in [6, 6.07) is 0.0130. The van der Waals surface area contributed by atoms with Crippen molar-refractivity contribution in [3.05, 3.63) is 0 Å². The van der Waals surface area contributed by atoms with Gasteiger partial charge in [0.25, 0.3) is 0 Å². The van der Waals surface area contributed by atoms with Gasteiger partial charge in [-0.25, -0.2) is 4.79 Å². The van der Waals surface area contributed by atoms with E-state index in [9.17, 15) is 4.79 Å². The molecule has 0 saturated carbocycles. The molecule has 0 aliphatic carbocycles. The minimum atomic E-state index is -0.166. The first-order valence-corrected chi connectivity index (χ1v) is 5.99. The molecule has 1 N–H and O–H groups in total. The summed E-state index contributed by atoms with van der Waals surface area (Å²) in [7, 11) is 1.86. The summed E-state index contributed by atoms with van der Waals surface area (Å²) in [5, 5.41) is 2.96. The molecule has 0 bridgehead atoms. The Balaban J connectivity index is 2.33. The van der Waals surface area contributed by atoms with Crippen LogP contribution in [0, 0.1) is 5.92 Å². The molecule has 1 aliphatic rings. The Hall–Kier alpha value is -0.770. The summed E-state index contributed by atoms with van der Waals surface area (Å²) < 4.78 is 5.30. The minimum Gasteiger partial charge on any atom is -0.381 e. The lowest BCUT2D eigenvalue weighted by atomic mass is 10.00. The van der Waals surface area contributed by atoms with Crippen molar-refractivity contribution in [2.75, 3.05) is 26.8 Å². The predicted molar refractivity (Wildman–Crippen MR) is 64.5 cm³/mol. The SMILES string of the molecule is CN(CC1CCOCC1)C(=O)NC(C)(C)C. The molecule has 1 aliphatic heterocycles. The Morgan fingerprint density at radius 3 is 2.44 bits per heavy atom. The second-order valence-corrected chi connectivity index (χ2v) is 5.62. The molecular formula is C12H24N2O2. The van der Waals surface area contributed by atoms with Crippen LogP contribution in [0.5, 0.6) is 0 Å². The summed E-state index contributed by atoms with van der Waals surface area (Å²) >= 11 is 0. The first kappa shape index (κ1) is 13.3. The van der Waals surface area contributed by atoms with Gasteiger partial charge in [0.1, 0.15) is 0 Å². The summed E-state index contributed by atoms with van der Waals surface area (Å²) in [5.41, 5.74) is -0.166. The monoisotopic (exact) mass is 228 g/mol. The van der Waals surface area contributed by atoms with Crippen molar-refractivity contribution in [3.63, 3.8) is 0 Å². The molecule has 0 aromatic carbocycles. The number of rotatable bonds is 2. The maximum absolute atomic E-state index is 11.8. The zero-order chi connectivity index (χ0) is 12.2. The van der Waals surface area contributed by atoms with E-state index in [4.69, 9.17) is 4.74 Å². The van der Waals surface area contributed by atoms with E-state index >= 15 is 0 Å². The van der Waals surface area contributed by atoms with Crippen molar-refractivity contribution in [1.29, 1.82) is 0 Å². The van der Waals surface area contributed by atoms with Crippen molar-refractivity contribution in [2.24, 2.45) is 5.92 Å². The number of urea groups is 1. The standard InChI is InChI=1S/C12H24N2O2/c1-12(2,3)13-11(15)14(4)9-10-5-7-16-8-6-10/h10H,5-9H2,1-4H3,(H,13,15). The van der Waals surface area contributed by atoms with Crippen LogP contribution in [0.15, 0.2) is 0 Å². The van der Waals surface area contributed by atoms with Crippen molar-refractivity contribution in [2.45, 2.75) is 39.2 Å². The number of carbonyl (C=O) groups is 1. The second-order valence-electron chi connectivity index (χ2n) is 5.62. The number of carbonyl (C=O) groups excluding carboxylic acids is 1. The summed E-state index contributed by atoms with van der Waals surface area (Å²) in [5.74, 6) is 0.587. The number of ether oxygens (including phenoxy) is 1. The molecule has 2 amide bonds. The molecule has 0 atom stereocenters. The molecule has 1 fully saturated rings. The molecule has 1 saturated heterocycles. The maximum atomic E-state index is 11.8. The lowest BCUT2D eigenvalue weighted by Crippen LogP contribution is -2.48. The highest BCUT2D eigenvalue weighted by atomic mass is 16.5. The van der Waals surface area contributed by atoms with Crippen LogP contribution in [0.4, 0.5) is 4.79 Å². The number of nitrogens with zero attached hydrogens (tertiary/aromatic N) is 1. The average molecular weight is 228 g/mol. The van der Waals surface area contributed by atoms with Gasteiger partial charge in [-0.1, -0.05) is 0 Å². The Kier molecular flexibility index (Phi) is 4.59. The van der Waals surface area contributed by atoms with Crippen LogP contribution in [0.2, 0.25) is 0 Å². The first-order valence-electron chi connectivity index (χ1n) is 5.99. The Bertz CT molecular complexity index is 230. The summed E-state index contributed by atoms with van der Waals surface area (Å²) in [6.45, 7) is 8.47. The molecule has 0 spiro atoms. The topological polar surface area (TPSA) is 41.6 Å². The van der Waals surface area contributed by atoms with E-state index < -0.39 is 0 Å². The maximum Gasteiger partial charge on any atom is 0.317 e. The third-order valence-corrected chi connectivity index (χ3v) is 2.70. The van der Waals surface area contributed by atoms with Crippen LogP contribution in [0.25, 0.3) is 0 Å². The molecule has 1 rings (SSSR count). The largest absolute Gasteiger partial charge is 0.381 e. The van der Waals surface area contributed by atoms with Crippen molar-refractivity contribution < 1.29 is 9.53 Å². The Morgan fingerprint density at radius 1 is 1.38 bits per heavy atom. The zero-order valence-corrected chi connectivity index (χ0v) is 10.9. The van der Waals surface area contributed by atoms with Crippen molar-refractivity contribution >= 4 is 6.03 Å². The molecule has 16 heavy (non-hydrogen) atoms. The van der Waals surface area contributed by atoms with Crippen LogP contribution in [-0.2, 0) is 4.74 Å². The summed E-state index contributed by atoms with van der Waals surface area (Å²) in [6.07, 6.45) is 2.13. The average Bonchev–Trinajstić information content (AvgIpc) is 2.16. The van der Waals surface area contributed by atoms with Gasteiger partial charge in [-0.05, 0) is 39.5 Å². The predicted octanol–water partition coefficient (Wildman–Crippen LogP) is 1.85. The molecule has 0 unspecified atom stereocenters. The number of hydrogen-bond donors (Lipinski definition) is 1. The van der Waals surface area contributed by atoms with Crippen LogP contribution in [0.1, 0.15) is 33.6 Å². The van der Waals surface area contributed by atoms with E-state index in [2.05, 4.69) is 5.32 Å². The van der Waals surface area contributed by atoms with Gasteiger partial charge >= 0.3 is 6.03 Å². The third kappa shape index (κ3) is 4.84. The zero-order valence-electron chi connectivity index (χ0n) is 10.9. The Morgan fingerprint density at radius 2 is 1.94 bits per heavy atom. The van der Waals surface area contributed by atoms with Crippen LogP contribution >= 0.6 is 0 Å². The van der Waals surface area contributed by atoms with E-state index in [0.29, 0.717) is 5.92 Å². The normalized spacial score (nSPS) is 18.2. The van der Waals surface area contributed by atoms with Gasteiger partial charge in [0.15, 0.2) is 0 Å². The van der Waals surface area contributed by atoms with Gasteiger partial charge in [0.2, 0.25) is 0 Å². The fraction of sp³-hybridized carbons (Fsp3) is 0.917. The summed E-state index contributed by atoms with van der Waals surface area (Å²) in [4.78, 5) is 13.6. The van der Waals surface area contributed by atoms with Crippen molar-refractivity contribution in [3.8, 4) is 0 Å². The van der Waals surface area contributed by atoms with Gasteiger partial charge in [-0.2, -0.15) is 0 Å². The minimum absolute atomic E-state index is 0.0130. The van der Waals surface area contributed by atoms with Crippen LogP contribution < -0.4 is 5.32 Å². The number of amides is 2. The quantitative estimate of drug-likeness (QED) is 0.783. The molecular weight excluding hydrogens is 204 g/mol. The fourth-order valence-corrected chi connectivity index (χ4v) is 1.82. The third-order valence-electron chi connectivity index (χ3n) is 2.70. The van der Waals surface area contributed by atoms with Gasteiger partial charge in [0.05, 0.1) is 0 Å². The lowest BCUT2D eigenvalue weighted by molar-refractivity contribution is 0.0583. The van der Waals surface area contributed by atoms with Gasteiger partial charge in [-0.15, -0.1) is 0 Å². The molecule has 94 valence electrons. The van der Waals surface area contributed by atoms with E-state index in [1.54, 1.807) is 4.90 Å². The molecule has 4 heteroatoms. The molecule has 0 radical (unpaired) electrons. The highest BCUT2D eigenvalue weighted by Gasteiger charge is 2.21. The van der Waals surface area contributed by atoms with E-state index in [-0.39, 0.29) is 11.6 Å². The van der Waals surface area contributed by atoms with Gasteiger partial charge in [-0.3, -0.25) is 0 Å². The smallest absolute Gasteiger partial charge is 0.317 e. The first-order chi connectivity index (χ1) is 7.38. The fourth-order valence-electron chi connectivity index (χ4n) is 1.82. The molecule has 1 heterocycles. The van der Waals surface area contributed by atoms with Crippen molar-refractivity contribution in [1.82, 2.24) is 10.2 Å². The van der Waals surface area contributed by atoms with Gasteiger partial charge < -0.3 is 15.0 Å². The number of nitrogens with one attached hydrogen (secondary N) is 1. The van der Waals surface area contributed by atoms with Crippen LogP contribution in [0.3, 0.4) is 0 Å². The van der Waals surface area contributed by atoms with E-state index in [0.717, 1.165) is 32.6 Å². The second kappa shape index (κ2) is 5.53. The van der Waals surface area contributed by atoms with E-state index in [1.807, 2.05) is 27.8 Å². The Labute approximate surface area is 98.3 Å². The number of hydrogen-bond acceptors (Lipinski definition) is 2.